The summed E-state index contributed by atoms with van der Waals surface area (Å²) in [5.41, 5.74) is 0.923. The first-order valence-corrected chi connectivity index (χ1v) is 7.43. The Morgan fingerprint density at radius 3 is 2.30 bits per heavy atom. The van der Waals surface area contributed by atoms with Gasteiger partial charge in [-0.15, -0.1) is 0 Å². The van der Waals surface area contributed by atoms with Gasteiger partial charge < -0.3 is 15.5 Å². The van der Waals surface area contributed by atoms with Gasteiger partial charge in [-0.25, -0.2) is 8.42 Å². The minimum atomic E-state index is -3.80. The number of carbonyl (C=O) groups is 1. The van der Waals surface area contributed by atoms with Gasteiger partial charge in [0.15, 0.2) is 6.29 Å². The second kappa shape index (κ2) is 6.80. The van der Waals surface area contributed by atoms with Gasteiger partial charge >= 0.3 is 0 Å². The average Bonchev–Trinajstić information content (AvgIpc) is 2.35. The van der Waals surface area contributed by atoms with Crippen molar-refractivity contribution >= 4 is 15.9 Å². The molecule has 0 radical (unpaired) electrons. The molecule has 0 spiro atoms. The van der Waals surface area contributed by atoms with Crippen LogP contribution in [0.5, 0.6) is 0 Å². The molecule has 0 heterocycles. The van der Waals surface area contributed by atoms with Crippen LogP contribution in [-0.4, -0.2) is 43.4 Å². The second-order valence-electron chi connectivity index (χ2n) is 4.38. The zero-order valence-electron chi connectivity index (χ0n) is 11.2. The summed E-state index contributed by atoms with van der Waals surface area (Å²) in [5.74, 6) is -0.645. The number of aryl methyl sites for hydroxylation is 1. The third-order valence-electron chi connectivity index (χ3n) is 2.52. The Morgan fingerprint density at radius 2 is 1.80 bits per heavy atom. The van der Waals surface area contributed by atoms with E-state index < -0.39 is 28.3 Å². The molecule has 112 valence electrons. The number of nitrogens with one attached hydrogen (secondary N) is 2. The third-order valence-corrected chi connectivity index (χ3v) is 4.07. The molecule has 8 heteroatoms. The Morgan fingerprint density at radius 1 is 1.25 bits per heavy atom. The van der Waals surface area contributed by atoms with Crippen LogP contribution in [0.15, 0.2) is 29.2 Å². The van der Waals surface area contributed by atoms with Crippen molar-refractivity contribution < 1.29 is 23.4 Å². The molecule has 1 aromatic carbocycles. The topological polar surface area (TPSA) is 116 Å². The molecule has 1 rings (SSSR count). The van der Waals surface area contributed by atoms with Crippen molar-refractivity contribution in [3.8, 4) is 0 Å². The number of benzene rings is 1. The highest BCUT2D eigenvalue weighted by atomic mass is 32.2. The molecule has 1 aromatic rings. The quantitative estimate of drug-likeness (QED) is 0.508. The largest absolute Gasteiger partial charge is 0.367 e. The van der Waals surface area contributed by atoms with Crippen molar-refractivity contribution in [3.63, 3.8) is 0 Å². The van der Waals surface area contributed by atoms with Gasteiger partial charge in [0.25, 0.3) is 0 Å². The van der Waals surface area contributed by atoms with Crippen LogP contribution in [0.2, 0.25) is 0 Å². The van der Waals surface area contributed by atoms with Crippen LogP contribution in [0.1, 0.15) is 12.5 Å². The molecule has 0 aliphatic rings. The normalized spacial score (nSPS) is 13.2. The molecule has 0 fully saturated rings. The maximum atomic E-state index is 12.0. The minimum Gasteiger partial charge on any atom is -0.367 e. The van der Waals surface area contributed by atoms with Gasteiger partial charge in [-0.05, 0) is 26.0 Å². The summed E-state index contributed by atoms with van der Waals surface area (Å²) in [5, 5.41) is 19.4. The highest BCUT2D eigenvalue weighted by Crippen LogP contribution is 2.10. The number of sulfonamides is 1. The highest BCUT2D eigenvalue weighted by molar-refractivity contribution is 7.89. The molecule has 1 atom stereocenters. The molecular weight excluding hydrogens is 284 g/mol. The van der Waals surface area contributed by atoms with Crippen molar-refractivity contribution in [1.82, 2.24) is 10.0 Å². The van der Waals surface area contributed by atoms with Crippen molar-refractivity contribution in [3.05, 3.63) is 29.8 Å². The zero-order valence-corrected chi connectivity index (χ0v) is 12.0. The van der Waals surface area contributed by atoms with Crippen LogP contribution in [0.25, 0.3) is 0 Å². The van der Waals surface area contributed by atoms with E-state index in [0.29, 0.717) is 0 Å². The van der Waals surface area contributed by atoms with E-state index in [9.17, 15) is 13.2 Å². The first-order valence-electron chi connectivity index (χ1n) is 5.95. The van der Waals surface area contributed by atoms with Gasteiger partial charge in [-0.2, -0.15) is 4.72 Å². The number of amides is 1. The van der Waals surface area contributed by atoms with E-state index in [1.165, 1.54) is 19.1 Å². The molecule has 4 N–H and O–H groups in total. The summed E-state index contributed by atoms with van der Waals surface area (Å²) >= 11 is 0. The number of rotatable bonds is 6. The highest BCUT2D eigenvalue weighted by Gasteiger charge is 2.21. The first kappa shape index (κ1) is 16.6. The van der Waals surface area contributed by atoms with Crippen LogP contribution in [-0.2, 0) is 14.8 Å². The molecule has 1 unspecified atom stereocenters. The van der Waals surface area contributed by atoms with E-state index in [4.69, 9.17) is 10.2 Å². The lowest BCUT2D eigenvalue weighted by Crippen LogP contribution is -2.46. The van der Waals surface area contributed by atoms with Gasteiger partial charge in [-0.3, -0.25) is 4.79 Å². The molecular formula is C12H18N2O5S. The zero-order chi connectivity index (χ0) is 15.3. The van der Waals surface area contributed by atoms with Crippen molar-refractivity contribution in [2.45, 2.75) is 31.1 Å². The fraction of sp³-hybridized carbons (Fsp3) is 0.417. The Balaban J connectivity index is 2.70. The monoisotopic (exact) mass is 302 g/mol. The standard InChI is InChI=1S/C12H18N2O5S/c1-8-3-5-10(6-4-8)20(18,19)14-9(2)12(17)13-7-11(15)16/h3-6,9,11,14-16H,7H2,1-2H3,(H,13,17). The summed E-state index contributed by atoms with van der Waals surface area (Å²) in [6.45, 7) is 2.83. The van der Waals surface area contributed by atoms with Gasteiger partial charge in [-0.1, -0.05) is 17.7 Å². The molecule has 0 aliphatic heterocycles. The molecule has 7 nitrogen and oxygen atoms in total. The van der Waals surface area contributed by atoms with Crippen LogP contribution in [0.3, 0.4) is 0 Å². The van der Waals surface area contributed by atoms with Gasteiger partial charge in [0.05, 0.1) is 17.5 Å². The fourth-order valence-electron chi connectivity index (χ4n) is 1.42. The minimum absolute atomic E-state index is 0.0601. The predicted octanol–water partition coefficient (Wildman–Crippen LogP) is -0.911. The number of aliphatic hydroxyl groups excluding tert-OH is 1. The Labute approximate surface area is 117 Å². The molecule has 0 saturated carbocycles. The molecule has 0 bridgehead atoms. The summed E-state index contributed by atoms with van der Waals surface area (Å²) in [6.07, 6.45) is -1.68. The van der Waals surface area contributed by atoms with Crippen LogP contribution >= 0.6 is 0 Å². The summed E-state index contributed by atoms with van der Waals surface area (Å²) in [7, 11) is -3.80. The van der Waals surface area contributed by atoms with Crippen LogP contribution in [0, 0.1) is 6.92 Å². The Kier molecular flexibility index (Phi) is 5.63. The molecule has 0 aromatic heterocycles. The van der Waals surface area contributed by atoms with E-state index in [1.54, 1.807) is 12.1 Å². The number of hydrogen-bond acceptors (Lipinski definition) is 5. The lowest BCUT2D eigenvalue weighted by Gasteiger charge is -2.15. The van der Waals surface area contributed by atoms with Crippen LogP contribution in [0.4, 0.5) is 0 Å². The number of hydrogen-bond donors (Lipinski definition) is 4. The van der Waals surface area contributed by atoms with E-state index in [2.05, 4.69) is 10.0 Å². The van der Waals surface area contributed by atoms with Gasteiger partial charge in [0.1, 0.15) is 0 Å². The predicted molar refractivity (Wildman–Crippen MR) is 72.2 cm³/mol. The van der Waals surface area contributed by atoms with E-state index in [-0.39, 0.29) is 11.4 Å². The van der Waals surface area contributed by atoms with E-state index in [0.717, 1.165) is 5.56 Å². The van der Waals surface area contributed by atoms with Crippen molar-refractivity contribution in [1.29, 1.82) is 0 Å². The second-order valence-corrected chi connectivity index (χ2v) is 6.10. The molecule has 0 saturated heterocycles. The van der Waals surface area contributed by atoms with Crippen molar-refractivity contribution in [2.75, 3.05) is 6.54 Å². The molecule has 20 heavy (non-hydrogen) atoms. The Bertz CT molecular complexity index is 554. The first-order chi connectivity index (χ1) is 9.22. The number of aliphatic hydroxyl groups is 2. The lowest BCUT2D eigenvalue weighted by molar-refractivity contribution is -0.124. The summed E-state index contributed by atoms with van der Waals surface area (Å²) < 4.78 is 26.2. The number of carbonyl (C=O) groups excluding carboxylic acids is 1. The van der Waals surface area contributed by atoms with E-state index in [1.807, 2.05) is 6.92 Å². The smallest absolute Gasteiger partial charge is 0.241 e. The maximum Gasteiger partial charge on any atom is 0.241 e. The fourth-order valence-corrected chi connectivity index (χ4v) is 2.62. The Hall–Kier alpha value is -1.48. The third kappa shape index (κ3) is 4.89. The maximum absolute atomic E-state index is 12.0. The lowest BCUT2D eigenvalue weighted by atomic mass is 10.2. The molecule has 1 amide bonds. The van der Waals surface area contributed by atoms with Gasteiger partial charge in [0.2, 0.25) is 15.9 Å². The average molecular weight is 302 g/mol. The van der Waals surface area contributed by atoms with E-state index >= 15 is 0 Å². The van der Waals surface area contributed by atoms with Crippen molar-refractivity contribution in [2.24, 2.45) is 0 Å². The molecule has 0 aliphatic carbocycles. The SMILES string of the molecule is Cc1ccc(S(=O)(=O)NC(C)C(=O)NCC(O)O)cc1. The van der Waals surface area contributed by atoms with Crippen LogP contribution < -0.4 is 10.0 Å². The summed E-state index contributed by atoms with van der Waals surface area (Å²) in [6, 6.07) is 5.17. The summed E-state index contributed by atoms with van der Waals surface area (Å²) in [4.78, 5) is 11.6. The van der Waals surface area contributed by atoms with Gasteiger partial charge in [0, 0.05) is 0 Å².